The lowest BCUT2D eigenvalue weighted by atomic mass is 9.95. The van der Waals surface area contributed by atoms with E-state index in [2.05, 4.69) is 48.0 Å². The van der Waals surface area contributed by atoms with E-state index in [4.69, 9.17) is 10.5 Å². The highest BCUT2D eigenvalue weighted by Gasteiger charge is 2.28. The summed E-state index contributed by atoms with van der Waals surface area (Å²) in [5.74, 6) is 0.927. The molecule has 0 aliphatic carbocycles. The number of hydrogen-bond donors (Lipinski definition) is 1. The zero-order chi connectivity index (χ0) is 13.6. The molecule has 1 aliphatic heterocycles. The third kappa shape index (κ3) is 2.45. The molecule has 0 saturated heterocycles. The van der Waals surface area contributed by atoms with Gasteiger partial charge in [-0.05, 0) is 41.9 Å². The first-order valence-corrected chi connectivity index (χ1v) is 7.94. The van der Waals surface area contributed by atoms with Crippen molar-refractivity contribution in [2.45, 2.75) is 32.4 Å². The Balaban J connectivity index is 1.94. The summed E-state index contributed by atoms with van der Waals surface area (Å²) in [6, 6.07) is 8.44. The van der Waals surface area contributed by atoms with Gasteiger partial charge in [-0.3, -0.25) is 0 Å². The van der Waals surface area contributed by atoms with Crippen molar-refractivity contribution >= 4 is 27.3 Å². The van der Waals surface area contributed by atoms with Gasteiger partial charge < -0.3 is 10.5 Å². The summed E-state index contributed by atoms with van der Waals surface area (Å²) >= 11 is 5.34. The van der Waals surface area contributed by atoms with Gasteiger partial charge in [0.25, 0.3) is 0 Å². The minimum absolute atomic E-state index is 0.0508. The van der Waals surface area contributed by atoms with E-state index < -0.39 is 0 Å². The van der Waals surface area contributed by atoms with Crippen molar-refractivity contribution < 1.29 is 4.74 Å². The molecule has 2 aromatic rings. The molecule has 100 valence electrons. The maximum absolute atomic E-state index is 6.30. The topological polar surface area (TPSA) is 35.2 Å². The van der Waals surface area contributed by atoms with Crippen molar-refractivity contribution in [2.24, 2.45) is 5.73 Å². The van der Waals surface area contributed by atoms with Crippen LogP contribution in [0.15, 0.2) is 28.7 Å². The van der Waals surface area contributed by atoms with Crippen LogP contribution in [0.1, 0.15) is 39.4 Å². The van der Waals surface area contributed by atoms with E-state index >= 15 is 0 Å². The second-order valence-electron chi connectivity index (χ2n) is 5.04. The summed E-state index contributed by atoms with van der Waals surface area (Å²) in [6.07, 6.45) is 0.906. The number of benzene rings is 1. The average Bonchev–Trinajstić information content (AvgIpc) is 2.70. The third-order valence-electron chi connectivity index (χ3n) is 3.50. The number of halogens is 1. The Morgan fingerprint density at radius 3 is 2.79 bits per heavy atom. The van der Waals surface area contributed by atoms with Crippen LogP contribution in [0.25, 0.3) is 0 Å². The summed E-state index contributed by atoms with van der Waals surface area (Å²) in [4.78, 5) is 2.52. The summed E-state index contributed by atoms with van der Waals surface area (Å²) < 4.78 is 7.27. The van der Waals surface area contributed by atoms with E-state index in [0.29, 0.717) is 0 Å². The summed E-state index contributed by atoms with van der Waals surface area (Å²) in [7, 11) is 0. The molecule has 1 aliphatic rings. The van der Waals surface area contributed by atoms with Crippen LogP contribution in [0, 0.1) is 13.8 Å². The monoisotopic (exact) mass is 337 g/mol. The predicted octanol–water partition coefficient (Wildman–Crippen LogP) is 4.65. The molecule has 0 amide bonds. The first-order valence-electron chi connectivity index (χ1n) is 6.33. The molecule has 0 saturated carbocycles. The van der Waals surface area contributed by atoms with E-state index in [1.165, 1.54) is 15.3 Å². The van der Waals surface area contributed by atoms with E-state index in [9.17, 15) is 0 Å². The normalized spacial score (nSPS) is 21.9. The molecular weight excluding hydrogens is 322 g/mol. The van der Waals surface area contributed by atoms with Crippen molar-refractivity contribution in [3.8, 4) is 5.75 Å². The molecule has 0 fully saturated rings. The number of aryl methyl sites for hydroxylation is 2. The van der Waals surface area contributed by atoms with Gasteiger partial charge in [0.15, 0.2) is 0 Å². The molecule has 0 bridgehead atoms. The van der Waals surface area contributed by atoms with Crippen molar-refractivity contribution in [2.75, 3.05) is 0 Å². The van der Waals surface area contributed by atoms with Crippen LogP contribution >= 0.6 is 27.3 Å². The summed E-state index contributed by atoms with van der Waals surface area (Å²) in [5, 5.41) is 0. The van der Waals surface area contributed by atoms with E-state index in [1.807, 2.05) is 6.07 Å². The number of hydrogen-bond acceptors (Lipinski definition) is 3. The molecule has 2 atom stereocenters. The zero-order valence-corrected chi connectivity index (χ0v) is 13.3. The molecule has 0 spiro atoms. The Bertz CT molecular complexity index is 603. The first kappa shape index (κ1) is 13.2. The molecule has 19 heavy (non-hydrogen) atoms. The van der Waals surface area contributed by atoms with Crippen LogP contribution in [-0.4, -0.2) is 0 Å². The van der Waals surface area contributed by atoms with Crippen LogP contribution in [0.2, 0.25) is 0 Å². The smallest absolute Gasteiger partial charge is 0.135 e. The lowest BCUT2D eigenvalue weighted by molar-refractivity contribution is 0.165. The summed E-state index contributed by atoms with van der Waals surface area (Å²) in [6.45, 7) is 4.19. The zero-order valence-electron chi connectivity index (χ0n) is 10.9. The fourth-order valence-corrected chi connectivity index (χ4v) is 4.04. The van der Waals surface area contributed by atoms with E-state index in [1.54, 1.807) is 11.3 Å². The number of thiophene rings is 1. The molecule has 1 unspecified atom stereocenters. The highest BCUT2D eigenvalue weighted by Crippen LogP contribution is 2.43. The number of ether oxygens (including phenoxy) is 1. The van der Waals surface area contributed by atoms with Crippen molar-refractivity contribution in [3.05, 3.63) is 49.6 Å². The Labute approximate surface area is 125 Å². The molecule has 1 aromatic heterocycles. The van der Waals surface area contributed by atoms with Crippen LogP contribution < -0.4 is 10.5 Å². The van der Waals surface area contributed by atoms with Gasteiger partial charge in [0.05, 0.1) is 0 Å². The second kappa shape index (κ2) is 4.93. The predicted molar refractivity (Wildman–Crippen MR) is 82.8 cm³/mol. The van der Waals surface area contributed by atoms with Crippen LogP contribution in [0.4, 0.5) is 0 Å². The Kier molecular flexibility index (Phi) is 3.41. The minimum atomic E-state index is 0.0508. The number of rotatable bonds is 1. The first-order chi connectivity index (χ1) is 9.04. The Morgan fingerprint density at radius 2 is 2.11 bits per heavy atom. The van der Waals surface area contributed by atoms with Gasteiger partial charge in [0, 0.05) is 32.3 Å². The fourth-order valence-electron chi connectivity index (χ4n) is 2.44. The van der Waals surface area contributed by atoms with Crippen molar-refractivity contribution in [3.63, 3.8) is 0 Å². The molecule has 2 nitrogen and oxygen atoms in total. The molecule has 2 N–H and O–H groups in total. The van der Waals surface area contributed by atoms with Crippen molar-refractivity contribution in [1.82, 2.24) is 0 Å². The van der Waals surface area contributed by atoms with Gasteiger partial charge in [-0.2, -0.15) is 0 Å². The number of nitrogens with two attached hydrogens (primary N) is 1. The van der Waals surface area contributed by atoms with Gasteiger partial charge in [0.2, 0.25) is 0 Å². The lowest BCUT2D eigenvalue weighted by Crippen LogP contribution is -2.23. The minimum Gasteiger partial charge on any atom is -0.484 e. The fraction of sp³-hybridized carbons (Fsp3) is 0.333. The Hall–Kier alpha value is -0.840. The average molecular weight is 338 g/mol. The highest BCUT2D eigenvalue weighted by molar-refractivity contribution is 9.10. The maximum atomic E-state index is 6.30. The number of fused-ring (bicyclic) bond motifs is 1. The van der Waals surface area contributed by atoms with Gasteiger partial charge in [-0.15, -0.1) is 11.3 Å². The van der Waals surface area contributed by atoms with Gasteiger partial charge in [0.1, 0.15) is 11.9 Å². The Morgan fingerprint density at radius 1 is 1.32 bits per heavy atom. The second-order valence-corrected chi connectivity index (χ2v) is 7.19. The lowest BCUT2D eigenvalue weighted by Gasteiger charge is -2.30. The van der Waals surface area contributed by atoms with E-state index in [0.717, 1.165) is 22.2 Å². The van der Waals surface area contributed by atoms with Crippen LogP contribution in [0.5, 0.6) is 5.75 Å². The maximum Gasteiger partial charge on any atom is 0.135 e. The van der Waals surface area contributed by atoms with Gasteiger partial charge in [-0.25, -0.2) is 0 Å². The van der Waals surface area contributed by atoms with Crippen LogP contribution in [-0.2, 0) is 0 Å². The third-order valence-corrected chi connectivity index (χ3v) is 5.72. The van der Waals surface area contributed by atoms with Gasteiger partial charge in [-0.1, -0.05) is 17.7 Å². The van der Waals surface area contributed by atoms with Crippen molar-refractivity contribution in [1.29, 1.82) is 0 Å². The molecular formula is C15H16BrNOS. The quantitative estimate of drug-likeness (QED) is 0.821. The van der Waals surface area contributed by atoms with Crippen LogP contribution in [0.3, 0.4) is 0 Å². The van der Waals surface area contributed by atoms with Gasteiger partial charge >= 0.3 is 0 Å². The molecule has 2 heterocycles. The standard InChI is InChI=1S/C15H16BrNOS/c1-8-3-4-13-10(5-8)12(17)7-14(18-13)15-6-11(16)9(2)19-15/h3-6,12,14H,7,17H2,1-2H3/t12-,14?/m0/s1. The highest BCUT2D eigenvalue weighted by atomic mass is 79.9. The largest absolute Gasteiger partial charge is 0.484 e. The molecule has 1 aromatic carbocycles. The van der Waals surface area contributed by atoms with E-state index in [-0.39, 0.29) is 12.1 Å². The molecule has 3 rings (SSSR count). The molecule has 0 radical (unpaired) electrons. The SMILES string of the molecule is Cc1ccc2c(c1)[C@@H](N)CC(c1cc(Br)c(C)s1)O2. The molecule has 4 heteroatoms. The summed E-state index contributed by atoms with van der Waals surface area (Å²) in [5.41, 5.74) is 8.66.